The van der Waals surface area contributed by atoms with Gasteiger partial charge in [0.25, 0.3) is 0 Å². The molecule has 0 amide bonds. The van der Waals surface area contributed by atoms with Crippen molar-refractivity contribution in [2.75, 3.05) is 6.61 Å². The van der Waals surface area contributed by atoms with Gasteiger partial charge in [0, 0.05) is 17.0 Å². The minimum Gasteiger partial charge on any atom is -0.461 e. The number of carbonyl (C=O) groups excluding carboxylic acids is 1. The van der Waals surface area contributed by atoms with Gasteiger partial charge in [-0.1, -0.05) is 5.16 Å². The molecule has 0 radical (unpaired) electrons. The van der Waals surface area contributed by atoms with Gasteiger partial charge in [-0.05, 0) is 39.3 Å². The summed E-state index contributed by atoms with van der Waals surface area (Å²) in [4.78, 5) is 16.3. The number of nitrogens with zero attached hydrogens (tertiary/aromatic N) is 3. The van der Waals surface area contributed by atoms with Gasteiger partial charge in [0.2, 0.25) is 0 Å². The molecule has 0 saturated heterocycles. The van der Waals surface area contributed by atoms with Crippen molar-refractivity contribution in [2.45, 2.75) is 38.5 Å². The molecule has 0 saturated carbocycles. The van der Waals surface area contributed by atoms with Crippen molar-refractivity contribution in [2.24, 2.45) is 0 Å². The van der Waals surface area contributed by atoms with Crippen LogP contribution in [0.3, 0.4) is 0 Å². The average Bonchev–Trinajstić information content (AvgIpc) is 2.86. The molecule has 2 aromatic heterocycles. The van der Waals surface area contributed by atoms with Gasteiger partial charge in [0.05, 0.1) is 12.2 Å². The van der Waals surface area contributed by atoms with Crippen molar-refractivity contribution in [3.05, 3.63) is 39.9 Å². The van der Waals surface area contributed by atoms with Crippen LogP contribution in [0.2, 0.25) is 0 Å². The lowest BCUT2D eigenvalue weighted by atomic mass is 10.1. The Morgan fingerprint density at radius 1 is 1.43 bits per heavy atom. The summed E-state index contributed by atoms with van der Waals surface area (Å²) < 4.78 is 10.1. The molecule has 0 atom stereocenters. The van der Waals surface area contributed by atoms with E-state index in [0.29, 0.717) is 27.7 Å². The molecule has 2 aromatic rings. The van der Waals surface area contributed by atoms with Gasteiger partial charge in [0.15, 0.2) is 5.69 Å². The highest BCUT2D eigenvalue weighted by atomic mass is 32.2. The number of aryl methyl sites for hydroxylation is 3. The summed E-state index contributed by atoms with van der Waals surface area (Å²) in [5, 5.41) is 13.7. The van der Waals surface area contributed by atoms with Crippen LogP contribution in [0.15, 0.2) is 15.6 Å². The minimum atomic E-state index is -0.506. The maximum Gasteiger partial charge on any atom is 0.360 e. The molecule has 0 fully saturated rings. The molecule has 23 heavy (non-hydrogen) atoms. The number of hydrogen-bond acceptors (Lipinski definition) is 7. The summed E-state index contributed by atoms with van der Waals surface area (Å²) in [6.45, 7) is 7.51. The highest BCUT2D eigenvalue weighted by Crippen LogP contribution is 2.29. The number of aromatic nitrogens is 2. The molecule has 120 valence electrons. The van der Waals surface area contributed by atoms with E-state index in [1.807, 2.05) is 19.9 Å². The molecule has 6 nitrogen and oxygen atoms in total. The van der Waals surface area contributed by atoms with E-state index in [0.717, 1.165) is 11.3 Å². The van der Waals surface area contributed by atoms with Gasteiger partial charge < -0.3 is 9.26 Å². The number of hydrogen-bond donors (Lipinski definition) is 0. The highest BCUT2D eigenvalue weighted by molar-refractivity contribution is 7.98. The third kappa shape index (κ3) is 3.71. The summed E-state index contributed by atoms with van der Waals surface area (Å²) in [7, 11) is 0. The maximum atomic E-state index is 11.9. The molecule has 2 rings (SSSR count). The Labute approximate surface area is 138 Å². The Morgan fingerprint density at radius 2 is 2.17 bits per heavy atom. The monoisotopic (exact) mass is 331 g/mol. The van der Waals surface area contributed by atoms with Gasteiger partial charge in [-0.2, -0.15) is 5.26 Å². The summed E-state index contributed by atoms with van der Waals surface area (Å²) in [6.07, 6.45) is 0. The minimum absolute atomic E-state index is 0.180. The topological polar surface area (TPSA) is 89.0 Å². The molecular weight excluding hydrogens is 314 g/mol. The van der Waals surface area contributed by atoms with Crippen LogP contribution >= 0.6 is 11.8 Å². The van der Waals surface area contributed by atoms with Crippen LogP contribution in [0.1, 0.15) is 45.6 Å². The van der Waals surface area contributed by atoms with E-state index < -0.39 is 5.97 Å². The molecule has 0 N–H and O–H groups in total. The van der Waals surface area contributed by atoms with Crippen LogP contribution in [0.4, 0.5) is 0 Å². The molecule has 0 aromatic carbocycles. The predicted molar refractivity (Wildman–Crippen MR) is 85.2 cm³/mol. The van der Waals surface area contributed by atoms with Gasteiger partial charge in [-0.25, -0.2) is 9.78 Å². The van der Waals surface area contributed by atoms with Gasteiger partial charge in [0.1, 0.15) is 16.9 Å². The largest absolute Gasteiger partial charge is 0.461 e. The summed E-state index contributed by atoms with van der Waals surface area (Å²) in [5.41, 5.74) is 3.12. The number of rotatable bonds is 5. The fraction of sp³-hybridized carbons (Fsp3) is 0.375. The number of pyridine rings is 1. The third-order valence-corrected chi connectivity index (χ3v) is 4.23. The van der Waals surface area contributed by atoms with Crippen LogP contribution in [-0.4, -0.2) is 22.7 Å². The van der Waals surface area contributed by atoms with Gasteiger partial charge >= 0.3 is 5.97 Å². The van der Waals surface area contributed by atoms with Crippen molar-refractivity contribution < 1.29 is 14.1 Å². The molecule has 0 unspecified atom stereocenters. The molecule has 0 aliphatic rings. The number of ether oxygens (including phenoxy) is 1. The maximum absolute atomic E-state index is 11.9. The quantitative estimate of drug-likeness (QED) is 0.613. The molecule has 2 heterocycles. The molecule has 0 aliphatic carbocycles. The normalized spacial score (nSPS) is 10.4. The van der Waals surface area contributed by atoms with Crippen molar-refractivity contribution >= 4 is 17.7 Å². The van der Waals surface area contributed by atoms with Crippen molar-refractivity contribution in [1.82, 2.24) is 10.1 Å². The SMILES string of the molecule is CCOC(=O)c1noc(C)c1CSc1nc(C)cc(C)c1C#N. The first-order valence-corrected chi connectivity index (χ1v) is 8.09. The fourth-order valence-electron chi connectivity index (χ4n) is 2.10. The summed E-state index contributed by atoms with van der Waals surface area (Å²) in [5.74, 6) is 0.478. The van der Waals surface area contributed by atoms with E-state index in [4.69, 9.17) is 9.26 Å². The van der Waals surface area contributed by atoms with E-state index >= 15 is 0 Å². The number of carbonyl (C=O) groups is 1. The molecule has 7 heteroatoms. The van der Waals surface area contributed by atoms with E-state index in [-0.39, 0.29) is 12.3 Å². The zero-order chi connectivity index (χ0) is 17.0. The van der Waals surface area contributed by atoms with Gasteiger partial charge in [-0.3, -0.25) is 0 Å². The van der Waals surface area contributed by atoms with E-state index in [1.165, 1.54) is 11.8 Å². The van der Waals surface area contributed by atoms with Crippen LogP contribution in [0.25, 0.3) is 0 Å². The second-order valence-corrected chi connectivity index (χ2v) is 5.91. The Morgan fingerprint density at radius 3 is 2.83 bits per heavy atom. The lowest BCUT2D eigenvalue weighted by molar-refractivity contribution is 0.0514. The Bertz CT molecular complexity index is 778. The van der Waals surface area contributed by atoms with E-state index in [9.17, 15) is 10.1 Å². The number of nitriles is 1. The van der Waals surface area contributed by atoms with Crippen LogP contribution in [0, 0.1) is 32.1 Å². The predicted octanol–water partition coefficient (Wildman–Crippen LogP) is 3.34. The lowest BCUT2D eigenvalue weighted by Gasteiger charge is -2.07. The molecular formula is C16H17N3O3S. The van der Waals surface area contributed by atoms with E-state index in [2.05, 4.69) is 16.2 Å². The first-order chi connectivity index (χ1) is 11.0. The lowest BCUT2D eigenvalue weighted by Crippen LogP contribution is -2.08. The first kappa shape index (κ1) is 17.0. The fourth-order valence-corrected chi connectivity index (χ4v) is 3.28. The number of thioether (sulfide) groups is 1. The smallest absolute Gasteiger partial charge is 0.360 e. The molecule has 0 aliphatic heterocycles. The Kier molecular flexibility index (Phi) is 5.40. The second kappa shape index (κ2) is 7.29. The average molecular weight is 331 g/mol. The zero-order valence-corrected chi connectivity index (χ0v) is 14.3. The standard InChI is InChI=1S/C16H17N3O3S/c1-5-21-16(20)14-13(11(4)22-19-14)8-23-15-12(7-17)9(2)6-10(3)18-15/h6H,5,8H2,1-4H3. The van der Waals surface area contributed by atoms with Crippen molar-refractivity contribution in [3.63, 3.8) is 0 Å². The van der Waals surface area contributed by atoms with Gasteiger partial charge in [-0.15, -0.1) is 11.8 Å². The van der Waals surface area contributed by atoms with E-state index in [1.54, 1.807) is 13.8 Å². The Hall–Kier alpha value is -2.33. The summed E-state index contributed by atoms with van der Waals surface area (Å²) in [6, 6.07) is 4.05. The van der Waals surface area contributed by atoms with Crippen LogP contribution < -0.4 is 0 Å². The first-order valence-electron chi connectivity index (χ1n) is 7.11. The molecule has 0 bridgehead atoms. The Balaban J connectivity index is 2.28. The van der Waals surface area contributed by atoms with Crippen molar-refractivity contribution in [3.8, 4) is 6.07 Å². The zero-order valence-electron chi connectivity index (χ0n) is 13.5. The highest BCUT2D eigenvalue weighted by Gasteiger charge is 2.21. The number of esters is 1. The van der Waals surface area contributed by atoms with Crippen molar-refractivity contribution in [1.29, 1.82) is 5.26 Å². The van der Waals surface area contributed by atoms with Crippen LogP contribution in [0.5, 0.6) is 0 Å². The summed E-state index contributed by atoms with van der Waals surface area (Å²) >= 11 is 1.38. The molecule has 0 spiro atoms. The van der Waals surface area contributed by atoms with Crippen LogP contribution in [-0.2, 0) is 10.5 Å². The third-order valence-electron chi connectivity index (χ3n) is 3.23. The second-order valence-electron chi connectivity index (χ2n) is 4.95.